The molecule has 3 aliphatic heterocycles. The zero-order valence-corrected chi connectivity index (χ0v) is 24.5. The molecule has 0 aliphatic carbocycles. The maximum Gasteiger partial charge on any atom is 0.274 e. The molecule has 3 atom stereocenters. The van der Waals surface area contributed by atoms with Crippen molar-refractivity contribution < 1.29 is 14.3 Å². The van der Waals surface area contributed by atoms with Crippen molar-refractivity contribution in [1.29, 1.82) is 0 Å². The van der Waals surface area contributed by atoms with Crippen molar-refractivity contribution in [3.05, 3.63) is 78.9 Å². The van der Waals surface area contributed by atoms with Gasteiger partial charge >= 0.3 is 0 Å². The molecule has 3 aliphatic rings. The Morgan fingerprint density at radius 2 is 1.86 bits per heavy atom. The number of benzene rings is 1. The van der Waals surface area contributed by atoms with Crippen molar-refractivity contribution in [2.75, 3.05) is 36.5 Å². The van der Waals surface area contributed by atoms with Crippen LogP contribution in [0.15, 0.2) is 67.6 Å². The smallest absolute Gasteiger partial charge is 0.274 e. The SMILES string of the molecule is C=CC(=O)N[C@@H]1CCCN(Cc2ccnc(C(=O)Nc3ccc(-c4cc5c(N6C7CCC6COC7)ncnc5[nH]4)cc3)c2)C1. The van der Waals surface area contributed by atoms with E-state index in [1.165, 1.54) is 6.08 Å². The second-order valence-electron chi connectivity index (χ2n) is 11.8. The maximum absolute atomic E-state index is 13.1. The fourth-order valence-corrected chi connectivity index (χ4v) is 6.72. The van der Waals surface area contributed by atoms with Crippen LogP contribution in [-0.2, 0) is 16.1 Å². The summed E-state index contributed by atoms with van der Waals surface area (Å²) in [7, 11) is 0. The number of hydrogen-bond acceptors (Lipinski definition) is 8. The Morgan fingerprint density at radius 1 is 1.05 bits per heavy atom. The Labute approximate surface area is 255 Å². The lowest BCUT2D eigenvalue weighted by Gasteiger charge is -2.35. The topological polar surface area (TPSA) is 128 Å². The molecule has 3 N–H and O–H groups in total. The lowest BCUT2D eigenvalue weighted by atomic mass is 10.0. The molecule has 2 unspecified atom stereocenters. The molecule has 3 saturated heterocycles. The Balaban J connectivity index is 1.01. The molecular weight excluding hydrogens is 556 g/mol. The van der Waals surface area contributed by atoms with Crippen LogP contribution in [0.4, 0.5) is 11.5 Å². The summed E-state index contributed by atoms with van der Waals surface area (Å²) in [5.74, 6) is 0.555. The Kier molecular flexibility index (Phi) is 7.80. The van der Waals surface area contributed by atoms with E-state index in [4.69, 9.17) is 4.74 Å². The molecule has 11 heteroatoms. The summed E-state index contributed by atoms with van der Waals surface area (Å²) >= 11 is 0. The first-order valence-electron chi connectivity index (χ1n) is 15.3. The highest BCUT2D eigenvalue weighted by Gasteiger charge is 2.39. The van der Waals surface area contributed by atoms with Gasteiger partial charge in [-0.2, -0.15) is 0 Å². The van der Waals surface area contributed by atoms with Gasteiger partial charge in [-0.05, 0) is 79.8 Å². The summed E-state index contributed by atoms with van der Waals surface area (Å²) in [4.78, 5) is 46.5. The molecule has 226 valence electrons. The second kappa shape index (κ2) is 12.2. The Bertz CT molecular complexity index is 1670. The predicted octanol–water partition coefficient (Wildman–Crippen LogP) is 3.91. The van der Waals surface area contributed by atoms with Crippen molar-refractivity contribution in [2.24, 2.45) is 0 Å². The summed E-state index contributed by atoms with van der Waals surface area (Å²) in [5, 5.41) is 6.98. The lowest BCUT2D eigenvalue weighted by molar-refractivity contribution is -0.117. The van der Waals surface area contributed by atoms with Gasteiger partial charge < -0.3 is 25.3 Å². The van der Waals surface area contributed by atoms with Crippen LogP contribution in [-0.4, -0.2) is 81.1 Å². The fraction of sp³-hybridized carbons (Fsp3) is 0.364. The summed E-state index contributed by atoms with van der Waals surface area (Å²) in [6, 6.07) is 14.4. The number of likely N-dealkylation sites (tertiary alicyclic amines) is 1. The van der Waals surface area contributed by atoms with Gasteiger partial charge in [0.05, 0.1) is 30.7 Å². The monoisotopic (exact) mass is 592 g/mol. The zero-order valence-electron chi connectivity index (χ0n) is 24.5. The van der Waals surface area contributed by atoms with Crippen molar-refractivity contribution in [3.63, 3.8) is 0 Å². The van der Waals surface area contributed by atoms with E-state index in [2.05, 4.69) is 53.0 Å². The third-order valence-corrected chi connectivity index (χ3v) is 8.84. The minimum absolute atomic E-state index is 0.0982. The van der Waals surface area contributed by atoms with E-state index < -0.39 is 0 Å². The molecule has 6 heterocycles. The number of fused-ring (bicyclic) bond motifs is 3. The molecule has 0 radical (unpaired) electrons. The molecule has 7 rings (SSSR count). The first-order valence-corrected chi connectivity index (χ1v) is 15.3. The van der Waals surface area contributed by atoms with Crippen LogP contribution in [0.1, 0.15) is 41.7 Å². The van der Waals surface area contributed by atoms with Crippen LogP contribution < -0.4 is 15.5 Å². The van der Waals surface area contributed by atoms with Gasteiger partial charge in [0, 0.05) is 36.7 Å². The standard InChI is InChI=1S/C33H36N8O3/c1-2-30(42)37-24-4-3-13-40(17-24)16-21-11-12-34-29(14-21)33(43)38-23-7-5-22(6-8-23)28-15-27-31(39-28)35-20-36-32(27)41-25-9-10-26(41)19-44-18-25/h2,5-8,11-12,14-15,20,24-26H,1,3-4,9-10,13,16-19H2,(H,37,42)(H,38,43)(H,35,36,39)/t24-,25?,26?/m1/s1. The van der Waals surface area contributed by atoms with E-state index in [-0.39, 0.29) is 17.9 Å². The average Bonchev–Trinajstić information content (AvgIpc) is 3.59. The number of H-pyrrole nitrogens is 1. The molecule has 4 aromatic rings. The fourth-order valence-electron chi connectivity index (χ4n) is 6.72. The number of morpholine rings is 1. The van der Waals surface area contributed by atoms with E-state index in [1.54, 1.807) is 12.5 Å². The van der Waals surface area contributed by atoms with Gasteiger partial charge in [0.1, 0.15) is 23.5 Å². The highest BCUT2D eigenvalue weighted by atomic mass is 16.5. The van der Waals surface area contributed by atoms with Gasteiger partial charge in [-0.3, -0.25) is 19.5 Å². The number of piperidine rings is 1. The van der Waals surface area contributed by atoms with E-state index in [9.17, 15) is 9.59 Å². The minimum atomic E-state index is -0.264. The third kappa shape index (κ3) is 5.80. The Hall–Kier alpha value is -4.61. The van der Waals surface area contributed by atoms with Gasteiger partial charge in [-0.25, -0.2) is 9.97 Å². The van der Waals surface area contributed by atoms with Crippen LogP contribution in [0.2, 0.25) is 0 Å². The number of nitrogens with zero attached hydrogens (tertiary/aromatic N) is 5. The van der Waals surface area contributed by atoms with Gasteiger partial charge in [0.25, 0.3) is 5.91 Å². The largest absolute Gasteiger partial charge is 0.377 e. The van der Waals surface area contributed by atoms with Gasteiger partial charge in [0.2, 0.25) is 5.91 Å². The lowest BCUT2D eigenvalue weighted by Crippen LogP contribution is -2.46. The van der Waals surface area contributed by atoms with E-state index in [1.807, 2.05) is 36.4 Å². The number of nitrogens with one attached hydrogen (secondary N) is 3. The number of hydrogen-bond donors (Lipinski definition) is 3. The normalized spacial score (nSPS) is 21.7. The summed E-state index contributed by atoms with van der Waals surface area (Å²) in [5.41, 5.74) is 4.78. The summed E-state index contributed by atoms with van der Waals surface area (Å²) < 4.78 is 5.77. The van der Waals surface area contributed by atoms with Crippen LogP contribution in [0.5, 0.6) is 0 Å². The maximum atomic E-state index is 13.1. The second-order valence-corrected chi connectivity index (χ2v) is 11.8. The summed E-state index contributed by atoms with van der Waals surface area (Å²) in [6.45, 7) is 7.39. The molecule has 0 spiro atoms. The highest BCUT2D eigenvalue weighted by molar-refractivity contribution is 6.03. The average molecular weight is 593 g/mol. The van der Waals surface area contributed by atoms with E-state index >= 15 is 0 Å². The highest BCUT2D eigenvalue weighted by Crippen LogP contribution is 2.37. The zero-order chi connectivity index (χ0) is 30.0. The van der Waals surface area contributed by atoms with Gasteiger partial charge in [0.15, 0.2) is 0 Å². The van der Waals surface area contributed by atoms with E-state index in [0.717, 1.165) is 85.7 Å². The number of carbonyl (C=O) groups is 2. The van der Waals surface area contributed by atoms with Crippen LogP contribution >= 0.6 is 0 Å². The van der Waals surface area contributed by atoms with Gasteiger partial charge in [-0.15, -0.1) is 0 Å². The number of pyridine rings is 1. The molecule has 3 aromatic heterocycles. The number of anilines is 2. The summed E-state index contributed by atoms with van der Waals surface area (Å²) in [6.07, 6.45) is 8.79. The van der Waals surface area contributed by atoms with E-state index in [0.29, 0.717) is 30.0 Å². The van der Waals surface area contributed by atoms with Crippen molar-refractivity contribution in [1.82, 2.24) is 30.2 Å². The number of rotatable bonds is 8. The number of amides is 2. The third-order valence-electron chi connectivity index (χ3n) is 8.84. The first-order chi connectivity index (χ1) is 21.5. The molecule has 3 fully saturated rings. The van der Waals surface area contributed by atoms with Crippen molar-refractivity contribution >= 4 is 34.4 Å². The molecule has 2 amide bonds. The van der Waals surface area contributed by atoms with Crippen LogP contribution in [0.3, 0.4) is 0 Å². The van der Waals surface area contributed by atoms with Gasteiger partial charge in [-0.1, -0.05) is 18.7 Å². The molecule has 0 saturated carbocycles. The van der Waals surface area contributed by atoms with Crippen LogP contribution in [0, 0.1) is 0 Å². The number of aromatic nitrogens is 4. The minimum Gasteiger partial charge on any atom is -0.377 e. The van der Waals surface area contributed by atoms with Crippen molar-refractivity contribution in [3.8, 4) is 11.3 Å². The quantitative estimate of drug-likeness (QED) is 0.263. The molecule has 44 heavy (non-hydrogen) atoms. The molecule has 2 bridgehead atoms. The Morgan fingerprint density at radius 3 is 2.66 bits per heavy atom. The van der Waals surface area contributed by atoms with Crippen molar-refractivity contribution in [2.45, 2.75) is 50.4 Å². The molecule has 1 aromatic carbocycles. The molecule has 11 nitrogen and oxygen atoms in total. The number of ether oxygens (including phenoxy) is 1. The number of carbonyl (C=O) groups excluding carboxylic acids is 2. The number of aromatic amines is 1. The first kappa shape index (κ1) is 28.2. The van der Waals surface area contributed by atoms with Crippen LogP contribution in [0.25, 0.3) is 22.3 Å². The molecular formula is C33H36N8O3. The predicted molar refractivity (Wildman–Crippen MR) is 168 cm³/mol.